The third-order valence-corrected chi connectivity index (χ3v) is 3.34. The van der Waals surface area contributed by atoms with Crippen molar-refractivity contribution in [3.63, 3.8) is 0 Å². The molecular formula is C19H24N2O5. The maximum Gasteiger partial charge on any atom is 0.412 e. The number of ether oxygens (including phenoxy) is 2. The number of carbonyl (C=O) groups excluding carboxylic acids is 2. The summed E-state index contributed by atoms with van der Waals surface area (Å²) >= 11 is 0. The highest BCUT2D eigenvalue weighted by atomic mass is 16.6. The topological polar surface area (TPSA) is 89.8 Å². The Hall–Kier alpha value is -2.96. The summed E-state index contributed by atoms with van der Waals surface area (Å²) in [7, 11) is 1.52. The fraction of sp³-hybridized carbons (Fsp3) is 0.368. The van der Waals surface area contributed by atoms with Crippen LogP contribution in [-0.2, 0) is 11.2 Å². The third kappa shape index (κ3) is 5.27. The summed E-state index contributed by atoms with van der Waals surface area (Å²) in [5, 5.41) is 5.35. The quantitative estimate of drug-likeness (QED) is 0.822. The van der Waals surface area contributed by atoms with Gasteiger partial charge in [-0.1, -0.05) is 6.92 Å². The van der Waals surface area contributed by atoms with Gasteiger partial charge in [0.15, 0.2) is 5.76 Å². The van der Waals surface area contributed by atoms with Crippen LogP contribution in [-0.4, -0.2) is 24.7 Å². The van der Waals surface area contributed by atoms with E-state index < -0.39 is 17.6 Å². The summed E-state index contributed by atoms with van der Waals surface area (Å²) < 4.78 is 15.9. The number of nitrogens with one attached hydrogen (secondary N) is 2. The third-order valence-electron chi connectivity index (χ3n) is 3.34. The van der Waals surface area contributed by atoms with E-state index in [2.05, 4.69) is 10.6 Å². The minimum Gasteiger partial charge on any atom is -0.497 e. The predicted molar refractivity (Wildman–Crippen MR) is 98.9 cm³/mol. The van der Waals surface area contributed by atoms with Crippen molar-refractivity contribution in [1.82, 2.24) is 0 Å². The lowest BCUT2D eigenvalue weighted by molar-refractivity contribution is 0.0635. The van der Waals surface area contributed by atoms with Gasteiger partial charge in [0.05, 0.1) is 18.5 Å². The first-order valence-corrected chi connectivity index (χ1v) is 8.30. The second-order valence-corrected chi connectivity index (χ2v) is 6.61. The normalized spacial score (nSPS) is 11.0. The molecule has 2 N–H and O–H groups in total. The van der Waals surface area contributed by atoms with Crippen LogP contribution >= 0.6 is 0 Å². The zero-order chi connectivity index (χ0) is 19.3. The van der Waals surface area contributed by atoms with Crippen LogP contribution in [0.1, 0.15) is 44.0 Å². The zero-order valence-electron chi connectivity index (χ0n) is 15.6. The van der Waals surface area contributed by atoms with Gasteiger partial charge >= 0.3 is 6.09 Å². The molecule has 7 heteroatoms. The van der Waals surface area contributed by atoms with Crippen LogP contribution in [0.25, 0.3) is 0 Å². The lowest BCUT2D eigenvalue weighted by Crippen LogP contribution is -2.27. The van der Waals surface area contributed by atoms with E-state index in [1.165, 1.54) is 7.11 Å². The van der Waals surface area contributed by atoms with Gasteiger partial charge in [0.25, 0.3) is 5.91 Å². The minimum atomic E-state index is -0.634. The van der Waals surface area contributed by atoms with E-state index in [0.717, 1.165) is 0 Å². The van der Waals surface area contributed by atoms with Crippen LogP contribution < -0.4 is 15.4 Å². The summed E-state index contributed by atoms with van der Waals surface area (Å²) in [5.74, 6) is 1.01. The lowest BCUT2D eigenvalue weighted by Gasteiger charge is -2.20. The molecule has 140 valence electrons. The number of rotatable bonds is 5. The average molecular weight is 360 g/mol. The number of amides is 2. The molecule has 0 aliphatic carbocycles. The molecule has 2 amide bonds. The molecule has 1 aromatic carbocycles. The van der Waals surface area contributed by atoms with Gasteiger partial charge in [0, 0.05) is 12.5 Å². The second-order valence-electron chi connectivity index (χ2n) is 6.61. The molecule has 26 heavy (non-hydrogen) atoms. The van der Waals surface area contributed by atoms with Crippen molar-refractivity contribution in [2.75, 3.05) is 17.7 Å². The molecule has 0 aliphatic heterocycles. The molecular weight excluding hydrogens is 336 g/mol. The Kier molecular flexibility index (Phi) is 5.92. The Morgan fingerprint density at radius 2 is 1.81 bits per heavy atom. The number of benzene rings is 1. The Balaban J connectivity index is 2.22. The van der Waals surface area contributed by atoms with E-state index in [4.69, 9.17) is 13.9 Å². The van der Waals surface area contributed by atoms with Crippen LogP contribution in [0.4, 0.5) is 16.2 Å². The monoisotopic (exact) mass is 360 g/mol. The zero-order valence-corrected chi connectivity index (χ0v) is 15.6. The molecule has 0 fully saturated rings. The van der Waals surface area contributed by atoms with E-state index >= 15 is 0 Å². The molecule has 0 radical (unpaired) electrons. The molecule has 7 nitrogen and oxygen atoms in total. The van der Waals surface area contributed by atoms with Gasteiger partial charge in [-0.3, -0.25) is 10.1 Å². The first-order chi connectivity index (χ1) is 12.2. The van der Waals surface area contributed by atoms with Gasteiger partial charge < -0.3 is 19.2 Å². The molecule has 0 bridgehead atoms. The molecule has 0 saturated heterocycles. The molecule has 0 atom stereocenters. The van der Waals surface area contributed by atoms with Crippen molar-refractivity contribution in [2.24, 2.45) is 0 Å². The number of hydrogen-bond donors (Lipinski definition) is 2. The Morgan fingerprint density at radius 3 is 2.38 bits per heavy atom. The van der Waals surface area contributed by atoms with Gasteiger partial charge in [0.2, 0.25) is 0 Å². The largest absolute Gasteiger partial charge is 0.497 e. The van der Waals surface area contributed by atoms with Gasteiger partial charge in [-0.25, -0.2) is 4.79 Å². The highest BCUT2D eigenvalue weighted by Crippen LogP contribution is 2.28. The van der Waals surface area contributed by atoms with Crippen molar-refractivity contribution in [1.29, 1.82) is 0 Å². The van der Waals surface area contributed by atoms with E-state index in [-0.39, 0.29) is 5.76 Å². The number of methoxy groups -OCH3 is 1. The highest BCUT2D eigenvalue weighted by Gasteiger charge is 2.19. The van der Waals surface area contributed by atoms with E-state index in [1.807, 2.05) is 6.92 Å². The van der Waals surface area contributed by atoms with Crippen molar-refractivity contribution >= 4 is 23.4 Å². The molecule has 1 aromatic heterocycles. The fourth-order valence-corrected chi connectivity index (χ4v) is 2.15. The van der Waals surface area contributed by atoms with Crippen molar-refractivity contribution in [3.8, 4) is 5.75 Å². The maximum atomic E-state index is 12.4. The summed E-state index contributed by atoms with van der Waals surface area (Å²) in [6.07, 6.45) is 0.0715. The van der Waals surface area contributed by atoms with Crippen molar-refractivity contribution in [2.45, 2.75) is 39.7 Å². The smallest absolute Gasteiger partial charge is 0.412 e. The highest BCUT2D eigenvalue weighted by molar-refractivity contribution is 6.05. The van der Waals surface area contributed by atoms with Gasteiger partial charge in [0.1, 0.15) is 17.1 Å². The average Bonchev–Trinajstić information content (AvgIpc) is 3.04. The summed E-state index contributed by atoms with van der Waals surface area (Å²) in [6.45, 7) is 7.24. The summed E-state index contributed by atoms with van der Waals surface area (Å²) in [5.41, 5.74) is 0.121. The van der Waals surface area contributed by atoms with E-state index in [0.29, 0.717) is 29.3 Å². The summed E-state index contributed by atoms with van der Waals surface area (Å²) in [6, 6.07) is 8.26. The SMILES string of the molecule is CCc1ccc(C(=O)Nc2cc(OC)ccc2NC(=O)OC(C)(C)C)o1. The molecule has 0 aliphatic rings. The minimum absolute atomic E-state index is 0.188. The van der Waals surface area contributed by atoms with Crippen LogP contribution in [0.15, 0.2) is 34.7 Å². The fourth-order valence-electron chi connectivity index (χ4n) is 2.15. The van der Waals surface area contributed by atoms with Gasteiger partial charge in [-0.05, 0) is 45.0 Å². The lowest BCUT2D eigenvalue weighted by atomic mass is 10.2. The first-order valence-electron chi connectivity index (χ1n) is 8.30. The van der Waals surface area contributed by atoms with Crippen LogP contribution in [0.2, 0.25) is 0 Å². The molecule has 2 aromatic rings. The molecule has 0 saturated carbocycles. The van der Waals surface area contributed by atoms with Crippen molar-refractivity contribution in [3.05, 3.63) is 41.9 Å². The maximum absolute atomic E-state index is 12.4. The second kappa shape index (κ2) is 7.95. The molecule has 0 spiro atoms. The van der Waals surface area contributed by atoms with Crippen LogP contribution in [0.3, 0.4) is 0 Å². The van der Waals surface area contributed by atoms with Crippen LogP contribution in [0.5, 0.6) is 5.75 Å². The molecule has 1 heterocycles. The number of carbonyl (C=O) groups is 2. The number of anilines is 2. The number of hydrogen-bond acceptors (Lipinski definition) is 5. The summed E-state index contributed by atoms with van der Waals surface area (Å²) in [4.78, 5) is 24.5. The number of aryl methyl sites for hydroxylation is 1. The van der Waals surface area contributed by atoms with Gasteiger partial charge in [-0.2, -0.15) is 0 Å². The number of furan rings is 1. The predicted octanol–water partition coefficient (Wildman–Crippen LogP) is 4.45. The Bertz CT molecular complexity index is 789. The first kappa shape index (κ1) is 19.4. The molecule has 2 rings (SSSR count). The Morgan fingerprint density at radius 1 is 1.08 bits per heavy atom. The van der Waals surface area contributed by atoms with E-state index in [1.54, 1.807) is 51.1 Å². The van der Waals surface area contributed by atoms with Crippen molar-refractivity contribution < 1.29 is 23.5 Å². The Labute approximate surface area is 152 Å². The standard InChI is InChI=1S/C19H24N2O5/c1-6-12-8-10-16(25-12)17(22)20-15-11-13(24-5)7-9-14(15)21-18(23)26-19(2,3)4/h7-11H,6H2,1-5H3,(H,20,22)(H,21,23). The van der Waals surface area contributed by atoms with Crippen LogP contribution in [0, 0.1) is 0 Å². The van der Waals surface area contributed by atoms with E-state index in [9.17, 15) is 9.59 Å². The van der Waals surface area contributed by atoms with Gasteiger partial charge in [-0.15, -0.1) is 0 Å². The molecule has 0 unspecified atom stereocenters.